The maximum absolute atomic E-state index is 13.6. The SMILES string of the molecule is CC(C)OCc1cc(=O)[nH]c(SC(C)C(=O)Nc2c(F)cccc2F)n1. The van der Waals surface area contributed by atoms with Crippen LogP contribution in [0, 0.1) is 11.6 Å². The molecular formula is C17H19F2N3O3S. The number of hydrogen-bond donors (Lipinski definition) is 2. The first kappa shape index (κ1) is 20.1. The van der Waals surface area contributed by atoms with Crippen molar-refractivity contribution in [1.82, 2.24) is 9.97 Å². The number of nitrogens with zero attached hydrogens (tertiary/aromatic N) is 1. The van der Waals surface area contributed by atoms with Crippen LogP contribution < -0.4 is 10.9 Å². The lowest BCUT2D eigenvalue weighted by atomic mass is 10.3. The summed E-state index contributed by atoms with van der Waals surface area (Å²) in [5, 5.41) is 1.68. The molecule has 26 heavy (non-hydrogen) atoms. The van der Waals surface area contributed by atoms with Gasteiger partial charge in [-0.15, -0.1) is 0 Å². The molecule has 0 fully saturated rings. The summed E-state index contributed by atoms with van der Waals surface area (Å²) in [5.41, 5.74) is -0.458. The first-order valence-corrected chi connectivity index (χ1v) is 8.77. The summed E-state index contributed by atoms with van der Waals surface area (Å²) >= 11 is 0.966. The number of carbonyl (C=O) groups excluding carboxylic acids is 1. The van der Waals surface area contributed by atoms with Gasteiger partial charge in [-0.3, -0.25) is 9.59 Å². The number of carbonyl (C=O) groups is 1. The number of ether oxygens (including phenoxy) is 1. The van der Waals surface area contributed by atoms with Gasteiger partial charge in [0.1, 0.15) is 17.3 Å². The van der Waals surface area contributed by atoms with E-state index < -0.39 is 28.5 Å². The number of halogens is 2. The summed E-state index contributed by atoms with van der Waals surface area (Å²) in [5.74, 6) is -2.35. The molecule has 0 aliphatic heterocycles. The standard InChI is InChI=1S/C17H19F2N3O3S/c1-9(2)25-8-11-7-14(23)21-17(20-11)26-10(3)16(24)22-15-12(18)5-4-6-13(15)19/h4-7,9-10H,8H2,1-3H3,(H,22,24)(H,20,21,23). The number of rotatable bonds is 7. The molecule has 140 valence electrons. The van der Waals surface area contributed by atoms with Crippen LogP contribution >= 0.6 is 11.8 Å². The third-order valence-corrected chi connectivity index (χ3v) is 4.19. The van der Waals surface area contributed by atoms with E-state index in [4.69, 9.17) is 4.74 Å². The molecule has 2 aromatic rings. The second-order valence-corrected chi connectivity index (χ2v) is 7.08. The number of amides is 1. The molecule has 1 amide bonds. The van der Waals surface area contributed by atoms with Crippen molar-refractivity contribution in [2.24, 2.45) is 0 Å². The van der Waals surface area contributed by atoms with Gasteiger partial charge in [0.2, 0.25) is 5.91 Å². The number of H-pyrrole nitrogens is 1. The summed E-state index contributed by atoms with van der Waals surface area (Å²) in [6.45, 7) is 5.42. The van der Waals surface area contributed by atoms with Crippen LogP contribution in [0.15, 0.2) is 34.2 Å². The zero-order valence-electron chi connectivity index (χ0n) is 14.5. The Labute approximate surface area is 153 Å². The van der Waals surface area contributed by atoms with Crippen molar-refractivity contribution in [3.05, 3.63) is 51.9 Å². The van der Waals surface area contributed by atoms with Gasteiger partial charge in [0, 0.05) is 6.07 Å². The van der Waals surface area contributed by atoms with Crippen LogP contribution in [0.1, 0.15) is 26.5 Å². The molecule has 1 unspecified atom stereocenters. The zero-order valence-corrected chi connectivity index (χ0v) is 15.3. The van der Waals surface area contributed by atoms with Gasteiger partial charge in [-0.25, -0.2) is 13.8 Å². The van der Waals surface area contributed by atoms with E-state index in [2.05, 4.69) is 15.3 Å². The van der Waals surface area contributed by atoms with Crippen molar-refractivity contribution >= 4 is 23.4 Å². The fraction of sp³-hybridized carbons (Fsp3) is 0.353. The van der Waals surface area contributed by atoms with Crippen molar-refractivity contribution in [2.75, 3.05) is 5.32 Å². The van der Waals surface area contributed by atoms with Crippen molar-refractivity contribution in [3.8, 4) is 0 Å². The third kappa shape index (κ3) is 5.63. The Kier molecular flexibility index (Phi) is 6.87. The number of benzene rings is 1. The van der Waals surface area contributed by atoms with E-state index in [-0.39, 0.29) is 23.4 Å². The number of anilines is 1. The van der Waals surface area contributed by atoms with E-state index in [9.17, 15) is 18.4 Å². The number of thioether (sulfide) groups is 1. The molecule has 1 aromatic heterocycles. The third-order valence-electron chi connectivity index (χ3n) is 3.21. The Morgan fingerprint density at radius 1 is 1.31 bits per heavy atom. The van der Waals surface area contributed by atoms with Crippen LogP contribution in [-0.2, 0) is 16.1 Å². The molecule has 0 bridgehead atoms. The van der Waals surface area contributed by atoms with Gasteiger partial charge >= 0.3 is 0 Å². The van der Waals surface area contributed by atoms with Crippen LogP contribution in [0.2, 0.25) is 0 Å². The summed E-state index contributed by atoms with van der Waals surface area (Å²) in [7, 11) is 0. The average Bonchev–Trinajstić information content (AvgIpc) is 2.55. The number of nitrogens with one attached hydrogen (secondary N) is 2. The predicted molar refractivity (Wildman–Crippen MR) is 95.1 cm³/mol. The first-order chi connectivity index (χ1) is 12.3. The minimum Gasteiger partial charge on any atom is -0.373 e. The van der Waals surface area contributed by atoms with Gasteiger partial charge in [0.15, 0.2) is 5.16 Å². The summed E-state index contributed by atoms with van der Waals surface area (Å²) < 4.78 is 32.7. The highest BCUT2D eigenvalue weighted by atomic mass is 32.2. The van der Waals surface area contributed by atoms with Crippen LogP contribution in [0.4, 0.5) is 14.5 Å². The maximum atomic E-state index is 13.6. The monoisotopic (exact) mass is 383 g/mol. The summed E-state index contributed by atoms with van der Waals surface area (Å²) in [4.78, 5) is 30.7. The minimum absolute atomic E-state index is 0.0208. The molecule has 1 atom stereocenters. The Bertz CT molecular complexity index is 822. The molecule has 2 rings (SSSR count). The lowest BCUT2D eigenvalue weighted by molar-refractivity contribution is -0.115. The second-order valence-electron chi connectivity index (χ2n) is 5.75. The van der Waals surface area contributed by atoms with Gasteiger partial charge in [0.25, 0.3) is 5.56 Å². The highest BCUT2D eigenvalue weighted by Gasteiger charge is 2.19. The van der Waals surface area contributed by atoms with Crippen molar-refractivity contribution in [2.45, 2.75) is 43.9 Å². The molecule has 0 saturated carbocycles. The van der Waals surface area contributed by atoms with Gasteiger partial charge < -0.3 is 15.0 Å². The van der Waals surface area contributed by atoms with Crippen molar-refractivity contribution in [1.29, 1.82) is 0 Å². The minimum atomic E-state index is -0.866. The van der Waals surface area contributed by atoms with E-state index in [1.807, 2.05) is 13.8 Å². The number of aromatic nitrogens is 2. The largest absolute Gasteiger partial charge is 0.373 e. The van der Waals surface area contributed by atoms with Crippen LogP contribution in [0.5, 0.6) is 0 Å². The van der Waals surface area contributed by atoms with Gasteiger partial charge in [-0.2, -0.15) is 0 Å². The van der Waals surface area contributed by atoms with E-state index in [0.717, 1.165) is 23.9 Å². The highest BCUT2D eigenvalue weighted by molar-refractivity contribution is 8.00. The molecule has 6 nitrogen and oxygen atoms in total. The molecule has 0 aliphatic carbocycles. The molecule has 1 heterocycles. The fourth-order valence-electron chi connectivity index (χ4n) is 1.93. The molecule has 0 aliphatic rings. The summed E-state index contributed by atoms with van der Waals surface area (Å²) in [6, 6.07) is 4.62. The van der Waals surface area contributed by atoms with E-state index in [1.165, 1.54) is 19.1 Å². The number of para-hydroxylation sites is 1. The normalized spacial score (nSPS) is 12.2. The van der Waals surface area contributed by atoms with E-state index in [1.54, 1.807) is 0 Å². The first-order valence-electron chi connectivity index (χ1n) is 7.89. The van der Waals surface area contributed by atoms with E-state index >= 15 is 0 Å². The molecule has 0 saturated heterocycles. The fourth-order valence-corrected chi connectivity index (χ4v) is 2.76. The zero-order chi connectivity index (χ0) is 19.3. The Hall–Kier alpha value is -2.26. The Morgan fingerprint density at radius 3 is 2.58 bits per heavy atom. The predicted octanol–water partition coefficient (Wildman–Crippen LogP) is 3.09. The topological polar surface area (TPSA) is 84.1 Å². The Morgan fingerprint density at radius 2 is 1.96 bits per heavy atom. The molecule has 0 radical (unpaired) electrons. The van der Waals surface area contributed by atoms with Crippen molar-refractivity contribution in [3.63, 3.8) is 0 Å². The quantitative estimate of drug-likeness (QED) is 0.567. The van der Waals surface area contributed by atoms with Crippen molar-refractivity contribution < 1.29 is 18.3 Å². The highest BCUT2D eigenvalue weighted by Crippen LogP contribution is 2.23. The van der Waals surface area contributed by atoms with Crippen LogP contribution in [-0.4, -0.2) is 27.2 Å². The van der Waals surface area contributed by atoms with Crippen LogP contribution in [0.3, 0.4) is 0 Å². The van der Waals surface area contributed by atoms with Crippen LogP contribution in [0.25, 0.3) is 0 Å². The van der Waals surface area contributed by atoms with Gasteiger partial charge in [0.05, 0.1) is 23.7 Å². The molecular weight excluding hydrogens is 364 g/mol. The number of hydrogen-bond acceptors (Lipinski definition) is 5. The van der Waals surface area contributed by atoms with Gasteiger partial charge in [-0.1, -0.05) is 17.8 Å². The smallest absolute Gasteiger partial charge is 0.251 e. The Balaban J connectivity index is 2.07. The lowest BCUT2D eigenvalue weighted by Crippen LogP contribution is -2.24. The molecule has 0 spiro atoms. The van der Waals surface area contributed by atoms with Gasteiger partial charge in [-0.05, 0) is 32.9 Å². The lowest BCUT2D eigenvalue weighted by Gasteiger charge is -2.13. The number of aromatic amines is 1. The molecule has 2 N–H and O–H groups in total. The molecule has 1 aromatic carbocycles. The maximum Gasteiger partial charge on any atom is 0.251 e. The molecule has 9 heteroatoms. The second kappa shape index (κ2) is 8.91. The average molecular weight is 383 g/mol. The summed E-state index contributed by atoms with van der Waals surface area (Å²) in [6.07, 6.45) is -0.0208. The van der Waals surface area contributed by atoms with E-state index in [0.29, 0.717) is 5.69 Å².